The van der Waals surface area contributed by atoms with Crippen molar-refractivity contribution in [3.05, 3.63) is 22.4 Å². The molecule has 1 N–H and O–H groups in total. The quantitative estimate of drug-likeness (QED) is 0.809. The van der Waals surface area contributed by atoms with E-state index in [1.807, 2.05) is 21.7 Å². The molecule has 2 saturated heterocycles. The van der Waals surface area contributed by atoms with E-state index in [9.17, 15) is 9.59 Å². The Balaban J connectivity index is 1.76. The van der Waals surface area contributed by atoms with Crippen molar-refractivity contribution in [3.63, 3.8) is 0 Å². The number of piperazine rings is 1. The third kappa shape index (κ3) is 2.50. The molecule has 1 atom stereocenters. The first kappa shape index (κ1) is 12.6. The van der Waals surface area contributed by atoms with Gasteiger partial charge in [-0.15, -0.1) is 0 Å². The molecular formula is C13H17N3O2S. The number of thiophene rings is 1. The monoisotopic (exact) mass is 279 g/mol. The van der Waals surface area contributed by atoms with Crippen LogP contribution in [0.15, 0.2) is 16.8 Å². The molecule has 5 nitrogen and oxygen atoms in total. The summed E-state index contributed by atoms with van der Waals surface area (Å²) in [6, 6.07) is 1.66. The van der Waals surface area contributed by atoms with E-state index in [0.717, 1.165) is 31.6 Å². The summed E-state index contributed by atoms with van der Waals surface area (Å²) in [6.45, 7) is 3.73. The van der Waals surface area contributed by atoms with E-state index in [0.29, 0.717) is 13.1 Å². The number of carbonyl (C=O) groups excluding carboxylic acids is 2. The molecule has 3 rings (SSSR count). The van der Waals surface area contributed by atoms with Crippen LogP contribution < -0.4 is 5.32 Å². The molecule has 19 heavy (non-hydrogen) atoms. The molecule has 0 aliphatic carbocycles. The number of hydrogen-bond donors (Lipinski definition) is 1. The van der Waals surface area contributed by atoms with Crippen LogP contribution in [0, 0.1) is 0 Å². The minimum absolute atomic E-state index is 0.0430. The first-order valence-electron chi connectivity index (χ1n) is 6.59. The number of amides is 2. The molecular weight excluding hydrogens is 262 g/mol. The van der Waals surface area contributed by atoms with Crippen LogP contribution >= 0.6 is 11.3 Å². The standard InChI is InChI=1S/C13H17N3O2S/c17-12-11-8-16(13(18)10-2-7-19-9-10)5-1-4-15(11)6-3-14-12/h2,7,9,11H,1,3-6,8H2,(H,14,17). The SMILES string of the molecule is O=C1NCCN2CCCN(C(=O)c3ccsc3)CC12. The second kappa shape index (κ2) is 5.30. The minimum atomic E-state index is -0.182. The number of nitrogens with zero attached hydrogens (tertiary/aromatic N) is 2. The molecule has 2 fully saturated rings. The van der Waals surface area contributed by atoms with Gasteiger partial charge in [-0.2, -0.15) is 11.3 Å². The van der Waals surface area contributed by atoms with Crippen molar-refractivity contribution in [1.29, 1.82) is 0 Å². The molecule has 102 valence electrons. The van der Waals surface area contributed by atoms with Crippen LogP contribution in [0.4, 0.5) is 0 Å². The molecule has 0 spiro atoms. The lowest BCUT2D eigenvalue weighted by Crippen LogP contribution is -2.58. The predicted octanol–water partition coefficient (Wildman–Crippen LogP) is 0.394. The first-order chi connectivity index (χ1) is 9.25. The van der Waals surface area contributed by atoms with Crippen molar-refractivity contribution < 1.29 is 9.59 Å². The lowest BCUT2D eigenvalue weighted by atomic mass is 10.1. The second-order valence-corrected chi connectivity index (χ2v) is 5.74. The zero-order valence-electron chi connectivity index (χ0n) is 10.7. The lowest BCUT2D eigenvalue weighted by Gasteiger charge is -2.34. The molecule has 2 amide bonds. The molecule has 0 saturated carbocycles. The number of carbonyl (C=O) groups is 2. The Bertz CT molecular complexity index is 474. The van der Waals surface area contributed by atoms with Gasteiger partial charge in [-0.05, 0) is 17.9 Å². The van der Waals surface area contributed by atoms with E-state index in [1.165, 1.54) is 11.3 Å². The lowest BCUT2D eigenvalue weighted by molar-refractivity contribution is -0.128. The summed E-state index contributed by atoms with van der Waals surface area (Å²) >= 11 is 1.52. The maximum absolute atomic E-state index is 12.4. The Morgan fingerprint density at radius 2 is 2.26 bits per heavy atom. The summed E-state index contributed by atoms with van der Waals surface area (Å²) in [5, 5.41) is 6.66. The minimum Gasteiger partial charge on any atom is -0.353 e. The van der Waals surface area contributed by atoms with Gasteiger partial charge in [0.25, 0.3) is 5.91 Å². The first-order valence-corrected chi connectivity index (χ1v) is 7.53. The second-order valence-electron chi connectivity index (χ2n) is 4.96. The fraction of sp³-hybridized carbons (Fsp3) is 0.538. The van der Waals surface area contributed by atoms with Crippen LogP contribution in [0.3, 0.4) is 0 Å². The van der Waals surface area contributed by atoms with E-state index in [-0.39, 0.29) is 17.9 Å². The Labute approximate surface area is 116 Å². The van der Waals surface area contributed by atoms with Crippen LogP contribution in [0.1, 0.15) is 16.8 Å². The molecule has 0 aromatic carbocycles. The highest BCUT2D eigenvalue weighted by atomic mass is 32.1. The maximum atomic E-state index is 12.4. The molecule has 2 aliphatic rings. The zero-order valence-corrected chi connectivity index (χ0v) is 11.5. The van der Waals surface area contributed by atoms with Crippen molar-refractivity contribution in [2.24, 2.45) is 0 Å². The Morgan fingerprint density at radius 1 is 1.37 bits per heavy atom. The van der Waals surface area contributed by atoms with E-state index < -0.39 is 0 Å². The number of fused-ring (bicyclic) bond motifs is 1. The van der Waals surface area contributed by atoms with Crippen molar-refractivity contribution in [3.8, 4) is 0 Å². The summed E-state index contributed by atoms with van der Waals surface area (Å²) in [5.74, 6) is 0.0951. The Kier molecular flexibility index (Phi) is 3.52. The van der Waals surface area contributed by atoms with E-state index in [1.54, 1.807) is 0 Å². The van der Waals surface area contributed by atoms with Crippen LogP contribution in [-0.4, -0.2) is 60.4 Å². The molecule has 1 aromatic rings. The number of hydrogen-bond acceptors (Lipinski definition) is 4. The van der Waals surface area contributed by atoms with Crippen LogP contribution in [0.25, 0.3) is 0 Å². The summed E-state index contributed by atoms with van der Waals surface area (Å²) in [6.07, 6.45) is 0.930. The van der Waals surface area contributed by atoms with Crippen molar-refractivity contribution >= 4 is 23.2 Å². The van der Waals surface area contributed by atoms with Crippen LogP contribution in [0.2, 0.25) is 0 Å². The summed E-state index contributed by atoms with van der Waals surface area (Å²) in [5.41, 5.74) is 0.731. The average molecular weight is 279 g/mol. The largest absolute Gasteiger partial charge is 0.353 e. The number of nitrogens with one attached hydrogen (secondary N) is 1. The summed E-state index contributed by atoms with van der Waals surface area (Å²) in [4.78, 5) is 28.3. The van der Waals surface area contributed by atoms with E-state index in [2.05, 4.69) is 10.2 Å². The van der Waals surface area contributed by atoms with Crippen molar-refractivity contribution in [2.75, 3.05) is 32.7 Å². The van der Waals surface area contributed by atoms with Gasteiger partial charge < -0.3 is 10.2 Å². The van der Waals surface area contributed by atoms with Crippen molar-refractivity contribution in [2.45, 2.75) is 12.5 Å². The third-order valence-electron chi connectivity index (χ3n) is 3.76. The smallest absolute Gasteiger partial charge is 0.254 e. The average Bonchev–Trinajstić information content (AvgIpc) is 2.85. The third-order valence-corrected chi connectivity index (χ3v) is 4.45. The zero-order chi connectivity index (χ0) is 13.2. The highest BCUT2D eigenvalue weighted by Crippen LogP contribution is 2.16. The van der Waals surface area contributed by atoms with Gasteiger partial charge in [0.1, 0.15) is 6.04 Å². The topological polar surface area (TPSA) is 52.7 Å². The Hall–Kier alpha value is -1.40. The van der Waals surface area contributed by atoms with Gasteiger partial charge in [-0.25, -0.2) is 0 Å². The summed E-state index contributed by atoms with van der Waals surface area (Å²) in [7, 11) is 0. The summed E-state index contributed by atoms with van der Waals surface area (Å²) < 4.78 is 0. The molecule has 1 aromatic heterocycles. The normalized spacial score (nSPS) is 24.5. The molecule has 3 heterocycles. The Morgan fingerprint density at radius 3 is 3.05 bits per heavy atom. The maximum Gasteiger partial charge on any atom is 0.254 e. The van der Waals surface area contributed by atoms with Gasteiger partial charge in [0, 0.05) is 38.1 Å². The fourth-order valence-corrected chi connectivity index (χ4v) is 3.38. The van der Waals surface area contributed by atoms with Gasteiger partial charge in [0.2, 0.25) is 5.91 Å². The molecule has 6 heteroatoms. The fourth-order valence-electron chi connectivity index (χ4n) is 2.75. The number of rotatable bonds is 1. The molecule has 2 aliphatic heterocycles. The van der Waals surface area contributed by atoms with E-state index >= 15 is 0 Å². The van der Waals surface area contributed by atoms with Crippen LogP contribution in [-0.2, 0) is 4.79 Å². The van der Waals surface area contributed by atoms with E-state index in [4.69, 9.17) is 0 Å². The highest BCUT2D eigenvalue weighted by Gasteiger charge is 2.34. The highest BCUT2D eigenvalue weighted by molar-refractivity contribution is 7.08. The van der Waals surface area contributed by atoms with Crippen molar-refractivity contribution in [1.82, 2.24) is 15.1 Å². The van der Waals surface area contributed by atoms with Gasteiger partial charge in [-0.1, -0.05) is 0 Å². The van der Waals surface area contributed by atoms with Gasteiger partial charge in [0.15, 0.2) is 0 Å². The molecule has 1 unspecified atom stereocenters. The van der Waals surface area contributed by atoms with Crippen LogP contribution in [0.5, 0.6) is 0 Å². The molecule has 0 bridgehead atoms. The van der Waals surface area contributed by atoms with Gasteiger partial charge in [0.05, 0.1) is 5.56 Å². The predicted molar refractivity (Wildman–Crippen MR) is 73.2 cm³/mol. The molecule has 0 radical (unpaired) electrons. The van der Waals surface area contributed by atoms with Gasteiger partial charge in [-0.3, -0.25) is 14.5 Å². The van der Waals surface area contributed by atoms with Gasteiger partial charge >= 0.3 is 0 Å².